The van der Waals surface area contributed by atoms with Crippen molar-refractivity contribution in [3.8, 4) is 0 Å². The largest absolute Gasteiger partial charge is 0.352 e. The Kier molecular flexibility index (Phi) is 11.3. The maximum atomic E-state index is 13.0. The van der Waals surface area contributed by atoms with Crippen molar-refractivity contribution in [1.82, 2.24) is 30.5 Å². The van der Waals surface area contributed by atoms with Crippen LogP contribution in [0, 0.1) is 13.8 Å². The molecule has 2 N–H and O–H groups in total. The first-order valence-electron chi connectivity index (χ1n) is 13.5. The lowest BCUT2D eigenvalue weighted by atomic mass is 10.0. The van der Waals surface area contributed by atoms with E-state index < -0.39 is 0 Å². The molecule has 0 unspecified atom stereocenters. The number of hydrogen-bond acceptors (Lipinski definition) is 7. The number of aromatic nitrogens is 1. The third-order valence-electron chi connectivity index (χ3n) is 7.46. The second-order valence-electron chi connectivity index (χ2n) is 10.1. The summed E-state index contributed by atoms with van der Waals surface area (Å²) in [6, 6.07) is 3.94. The zero-order valence-corrected chi connectivity index (χ0v) is 24.8. The van der Waals surface area contributed by atoms with Gasteiger partial charge in [-0.05, 0) is 81.0 Å². The Morgan fingerprint density at radius 2 is 1.97 bits per heavy atom. The highest BCUT2D eigenvalue weighted by molar-refractivity contribution is 7.07. The molecular weight excluding hydrogens is 516 g/mol. The number of carbonyl (C=O) groups excluding carboxylic acids is 3. The topological polar surface area (TPSA) is 107 Å². The molecule has 11 heteroatoms. The SMILES string of the molecule is CCN(C)C(=O)c1cc(C)c(C(=O)NCC[C@@H](C)N2CCC(N(Cc3ccsc3)C(=O)NOC)CC2)c(C)n1. The minimum atomic E-state index is -0.215. The maximum Gasteiger partial charge on any atom is 0.341 e. The first-order valence-corrected chi connectivity index (χ1v) is 14.5. The molecule has 3 heterocycles. The van der Waals surface area contributed by atoms with Crippen molar-refractivity contribution in [3.63, 3.8) is 0 Å². The Morgan fingerprint density at radius 3 is 2.56 bits per heavy atom. The van der Waals surface area contributed by atoms with E-state index in [-0.39, 0.29) is 29.9 Å². The number of thiophene rings is 1. The van der Waals surface area contributed by atoms with Crippen LogP contribution in [-0.4, -0.2) is 89.9 Å². The molecule has 4 amide bonds. The second-order valence-corrected chi connectivity index (χ2v) is 10.9. The lowest BCUT2D eigenvalue weighted by Crippen LogP contribution is -2.51. The number of hydroxylamine groups is 1. The van der Waals surface area contributed by atoms with Gasteiger partial charge >= 0.3 is 6.03 Å². The molecule has 10 nitrogen and oxygen atoms in total. The molecular formula is C28H42N6O4S. The minimum absolute atomic E-state index is 0.133. The van der Waals surface area contributed by atoms with Gasteiger partial charge in [-0.3, -0.25) is 14.4 Å². The normalized spacial score (nSPS) is 15.0. The van der Waals surface area contributed by atoms with Crippen molar-refractivity contribution in [2.45, 2.75) is 65.6 Å². The molecule has 1 fully saturated rings. The number of nitrogens with zero attached hydrogens (tertiary/aromatic N) is 4. The third-order valence-corrected chi connectivity index (χ3v) is 8.19. The Balaban J connectivity index is 1.50. The molecule has 2 aromatic rings. The Bertz CT molecular complexity index is 1090. The predicted molar refractivity (Wildman–Crippen MR) is 153 cm³/mol. The van der Waals surface area contributed by atoms with Crippen LogP contribution >= 0.6 is 11.3 Å². The number of amides is 4. The molecule has 1 aliphatic rings. The fourth-order valence-corrected chi connectivity index (χ4v) is 5.68. The molecule has 0 bridgehead atoms. The van der Waals surface area contributed by atoms with E-state index in [9.17, 15) is 14.4 Å². The first kappa shape index (κ1) is 30.5. The van der Waals surface area contributed by atoms with Gasteiger partial charge in [0.15, 0.2) is 0 Å². The summed E-state index contributed by atoms with van der Waals surface area (Å²) in [5.74, 6) is -0.318. The summed E-state index contributed by atoms with van der Waals surface area (Å²) in [6.07, 6.45) is 2.56. The quantitative estimate of drug-likeness (QED) is 0.408. The third kappa shape index (κ3) is 8.00. The summed E-state index contributed by atoms with van der Waals surface area (Å²) in [7, 11) is 3.18. The van der Waals surface area contributed by atoms with E-state index in [4.69, 9.17) is 4.84 Å². The van der Waals surface area contributed by atoms with E-state index in [1.165, 1.54) is 7.11 Å². The molecule has 0 radical (unpaired) electrons. The Hall–Kier alpha value is -3.02. The standard InChI is InChI=1S/C28H42N6O4S/c1-7-32(5)27(36)24-16-19(2)25(21(4)30-24)26(35)29-12-8-20(3)33-13-9-23(10-14-33)34(28(37)31-38-6)17-22-11-15-39-18-22/h11,15-16,18,20,23H,7-10,12-14,17H2,1-6H3,(H,29,35)(H,31,37)/t20-/m1/s1. The average Bonchev–Trinajstić information content (AvgIpc) is 3.44. The molecule has 0 aromatic carbocycles. The monoisotopic (exact) mass is 558 g/mol. The van der Waals surface area contributed by atoms with Crippen LogP contribution in [0.4, 0.5) is 4.79 Å². The molecule has 3 rings (SSSR count). The number of pyridine rings is 1. The zero-order valence-electron chi connectivity index (χ0n) is 24.0. The molecule has 39 heavy (non-hydrogen) atoms. The molecule has 1 atom stereocenters. The van der Waals surface area contributed by atoms with E-state index in [2.05, 4.69) is 33.0 Å². The van der Waals surface area contributed by atoms with Crippen LogP contribution in [0.5, 0.6) is 0 Å². The van der Waals surface area contributed by atoms with Gasteiger partial charge in [0, 0.05) is 51.9 Å². The van der Waals surface area contributed by atoms with Crippen molar-refractivity contribution in [1.29, 1.82) is 0 Å². The van der Waals surface area contributed by atoms with Crippen molar-refractivity contribution in [3.05, 3.63) is 51.0 Å². The van der Waals surface area contributed by atoms with Gasteiger partial charge in [0.25, 0.3) is 11.8 Å². The van der Waals surface area contributed by atoms with Crippen LogP contribution in [0.2, 0.25) is 0 Å². The number of urea groups is 1. The zero-order chi connectivity index (χ0) is 28.5. The molecule has 1 aliphatic heterocycles. The average molecular weight is 559 g/mol. The van der Waals surface area contributed by atoms with Gasteiger partial charge in [0.2, 0.25) is 0 Å². The fourth-order valence-electron chi connectivity index (χ4n) is 5.02. The Labute approximate surface area is 235 Å². The van der Waals surface area contributed by atoms with Gasteiger partial charge in [-0.25, -0.2) is 15.3 Å². The molecule has 1 saturated heterocycles. The molecule has 214 valence electrons. The summed E-state index contributed by atoms with van der Waals surface area (Å²) in [5, 5.41) is 7.13. The van der Waals surface area contributed by atoms with Crippen LogP contribution < -0.4 is 10.8 Å². The highest BCUT2D eigenvalue weighted by Crippen LogP contribution is 2.22. The number of rotatable bonds is 11. The predicted octanol–water partition coefficient (Wildman–Crippen LogP) is 3.60. The van der Waals surface area contributed by atoms with Crippen LogP contribution in [0.15, 0.2) is 22.9 Å². The summed E-state index contributed by atoms with van der Waals surface area (Å²) >= 11 is 1.62. The van der Waals surface area contributed by atoms with Crippen LogP contribution in [-0.2, 0) is 11.4 Å². The van der Waals surface area contributed by atoms with Crippen molar-refractivity contribution >= 4 is 29.2 Å². The van der Waals surface area contributed by atoms with Crippen LogP contribution in [0.3, 0.4) is 0 Å². The number of likely N-dealkylation sites (tertiary alicyclic amines) is 1. The Morgan fingerprint density at radius 1 is 1.26 bits per heavy atom. The number of nitrogens with one attached hydrogen (secondary N) is 2. The van der Waals surface area contributed by atoms with Gasteiger partial charge in [-0.1, -0.05) is 0 Å². The van der Waals surface area contributed by atoms with Gasteiger partial charge in [0.1, 0.15) is 5.69 Å². The summed E-state index contributed by atoms with van der Waals surface area (Å²) in [6.45, 7) is 11.1. The van der Waals surface area contributed by atoms with E-state index in [1.54, 1.807) is 36.3 Å². The highest BCUT2D eigenvalue weighted by atomic mass is 32.1. The van der Waals surface area contributed by atoms with Crippen molar-refractivity contribution in [2.24, 2.45) is 0 Å². The van der Waals surface area contributed by atoms with Gasteiger partial charge < -0.3 is 20.0 Å². The van der Waals surface area contributed by atoms with E-state index >= 15 is 0 Å². The van der Waals surface area contributed by atoms with Crippen molar-refractivity contribution < 1.29 is 19.2 Å². The van der Waals surface area contributed by atoms with Gasteiger partial charge in [-0.15, -0.1) is 0 Å². The summed E-state index contributed by atoms with van der Waals surface area (Å²) in [5.41, 5.74) is 5.78. The van der Waals surface area contributed by atoms with E-state index in [1.807, 2.05) is 30.2 Å². The minimum Gasteiger partial charge on any atom is -0.352 e. The summed E-state index contributed by atoms with van der Waals surface area (Å²) < 4.78 is 0. The molecule has 0 spiro atoms. The number of aryl methyl sites for hydroxylation is 2. The summed E-state index contributed by atoms with van der Waals surface area (Å²) in [4.78, 5) is 53.3. The van der Waals surface area contributed by atoms with E-state index in [0.29, 0.717) is 36.6 Å². The second kappa shape index (κ2) is 14.4. The smallest absolute Gasteiger partial charge is 0.341 e. The fraction of sp³-hybridized carbons (Fsp3) is 0.571. The van der Waals surface area contributed by atoms with Gasteiger partial charge in [0.05, 0.1) is 18.4 Å². The number of hydrogen-bond donors (Lipinski definition) is 2. The molecule has 2 aromatic heterocycles. The number of piperidine rings is 1. The van der Waals surface area contributed by atoms with E-state index in [0.717, 1.165) is 43.5 Å². The van der Waals surface area contributed by atoms with Crippen molar-refractivity contribution in [2.75, 3.05) is 40.3 Å². The molecule has 0 aliphatic carbocycles. The lowest BCUT2D eigenvalue weighted by Gasteiger charge is -2.40. The highest BCUT2D eigenvalue weighted by Gasteiger charge is 2.30. The maximum absolute atomic E-state index is 13.0. The van der Waals surface area contributed by atoms with Crippen LogP contribution in [0.25, 0.3) is 0 Å². The van der Waals surface area contributed by atoms with Gasteiger partial charge in [-0.2, -0.15) is 11.3 Å². The first-order chi connectivity index (χ1) is 18.7. The number of carbonyl (C=O) groups is 3. The molecule has 0 saturated carbocycles. The lowest BCUT2D eigenvalue weighted by molar-refractivity contribution is 0.0565. The van der Waals surface area contributed by atoms with Crippen LogP contribution in [0.1, 0.15) is 70.8 Å².